The number of thiophene rings is 1. The fourth-order valence-corrected chi connectivity index (χ4v) is 1.78. The highest BCUT2D eigenvalue weighted by Crippen LogP contribution is 2.19. The normalized spacial score (nSPS) is 10.2. The van der Waals surface area contributed by atoms with Gasteiger partial charge in [0, 0.05) is 6.42 Å². The summed E-state index contributed by atoms with van der Waals surface area (Å²) in [5.74, 6) is 0.506. The van der Waals surface area contributed by atoms with Crippen LogP contribution in [-0.2, 0) is 0 Å². The second kappa shape index (κ2) is 4.27. The smallest absolute Gasteiger partial charge is 0.192 e. The van der Waals surface area contributed by atoms with Crippen LogP contribution in [0.5, 0.6) is 0 Å². The lowest BCUT2D eigenvalue weighted by Gasteiger charge is -1.98. The fourth-order valence-electron chi connectivity index (χ4n) is 1.13. The van der Waals surface area contributed by atoms with Crippen LogP contribution in [-0.4, -0.2) is 21.0 Å². The van der Waals surface area contributed by atoms with Crippen molar-refractivity contribution in [3.63, 3.8) is 0 Å². The Bertz CT molecular complexity index is 467. The molecule has 0 amide bonds. The maximum Gasteiger partial charge on any atom is 0.192 e. The Morgan fingerprint density at radius 1 is 1.53 bits per heavy atom. The number of Topliss-reactive ketones (excluding diaryl/α,β-unsaturated/α-hetero) is 1. The average Bonchev–Trinajstić information content (AvgIpc) is 2.82. The van der Waals surface area contributed by atoms with Gasteiger partial charge in [0.05, 0.1) is 11.1 Å². The Morgan fingerprint density at radius 3 is 3.07 bits per heavy atom. The molecule has 0 aromatic carbocycles. The maximum absolute atomic E-state index is 11.4. The molecule has 2 rings (SSSR count). The molecule has 0 unspecified atom stereocenters. The van der Waals surface area contributed by atoms with Gasteiger partial charge in [-0.3, -0.25) is 4.79 Å². The highest BCUT2D eigenvalue weighted by molar-refractivity contribution is 7.13. The van der Waals surface area contributed by atoms with Gasteiger partial charge in [0.25, 0.3) is 0 Å². The number of carbonyl (C=O) groups excluding carboxylic acids is 1. The number of ketones is 1. The molecule has 0 saturated heterocycles. The van der Waals surface area contributed by atoms with Crippen molar-refractivity contribution < 1.29 is 4.79 Å². The first-order chi connectivity index (χ1) is 7.31. The Morgan fingerprint density at radius 2 is 2.40 bits per heavy atom. The third-order valence-electron chi connectivity index (χ3n) is 1.91. The highest BCUT2D eigenvalue weighted by atomic mass is 32.1. The average molecular weight is 219 g/mol. The lowest BCUT2D eigenvalue weighted by Crippen LogP contribution is -2.03. The molecule has 2 aromatic rings. The molecule has 4 nitrogen and oxygen atoms in total. The molecule has 0 spiro atoms. The summed E-state index contributed by atoms with van der Waals surface area (Å²) in [5.41, 5.74) is 0.385. The van der Waals surface area contributed by atoms with Gasteiger partial charge in [-0.05, 0) is 11.4 Å². The van der Waals surface area contributed by atoms with Crippen LogP contribution in [0, 0.1) is 0 Å². The van der Waals surface area contributed by atoms with Gasteiger partial charge in [-0.2, -0.15) is 5.10 Å². The van der Waals surface area contributed by atoms with Crippen LogP contribution in [0.1, 0.15) is 23.8 Å². The molecule has 2 heterocycles. The maximum atomic E-state index is 11.4. The van der Waals surface area contributed by atoms with Gasteiger partial charge >= 0.3 is 0 Å². The summed E-state index contributed by atoms with van der Waals surface area (Å²) in [7, 11) is 0. The van der Waals surface area contributed by atoms with Gasteiger partial charge in [0.2, 0.25) is 0 Å². The zero-order valence-electron chi connectivity index (χ0n) is 8.17. The van der Waals surface area contributed by atoms with Crippen LogP contribution >= 0.6 is 11.3 Å². The number of hydrogen-bond donors (Lipinski definition) is 0. The summed E-state index contributed by atoms with van der Waals surface area (Å²) in [4.78, 5) is 16.5. The van der Waals surface area contributed by atoms with E-state index in [1.165, 1.54) is 17.5 Å². The molecule has 76 valence electrons. The molecule has 0 fully saturated rings. The van der Waals surface area contributed by atoms with Gasteiger partial charge in [0.15, 0.2) is 11.6 Å². The summed E-state index contributed by atoms with van der Waals surface area (Å²) < 4.78 is 0. The Kier molecular flexibility index (Phi) is 2.82. The van der Waals surface area contributed by atoms with Crippen molar-refractivity contribution in [2.75, 3.05) is 0 Å². The number of hydrogen-bond acceptors (Lipinski definition) is 5. The summed E-state index contributed by atoms with van der Waals surface area (Å²) in [6.45, 7) is 1.80. The van der Waals surface area contributed by atoms with Crippen molar-refractivity contribution in [3.8, 4) is 10.7 Å². The molecular weight excluding hydrogens is 210 g/mol. The van der Waals surface area contributed by atoms with E-state index in [-0.39, 0.29) is 5.78 Å². The molecular formula is C10H9N3OS. The third kappa shape index (κ3) is 2.07. The molecule has 0 aliphatic rings. The standard InChI is InChI=1S/C10H9N3OS/c1-2-8(14)7-6-11-13-10(12-7)9-4-3-5-15-9/h3-6H,2H2,1H3. The summed E-state index contributed by atoms with van der Waals surface area (Å²) in [5, 5.41) is 9.62. The van der Waals surface area contributed by atoms with Crippen LogP contribution in [0.25, 0.3) is 10.7 Å². The van der Waals surface area contributed by atoms with Crippen molar-refractivity contribution in [2.45, 2.75) is 13.3 Å². The Labute approximate surface area is 91.0 Å². The van der Waals surface area contributed by atoms with E-state index >= 15 is 0 Å². The number of carbonyl (C=O) groups is 1. The van der Waals surface area contributed by atoms with Crippen LogP contribution < -0.4 is 0 Å². The SMILES string of the molecule is CCC(=O)c1cnnc(-c2cccs2)n1. The first-order valence-corrected chi connectivity index (χ1v) is 5.46. The van der Waals surface area contributed by atoms with Crippen molar-refractivity contribution in [3.05, 3.63) is 29.4 Å². The Hall–Kier alpha value is -1.62. The second-order valence-electron chi connectivity index (χ2n) is 2.92. The largest absolute Gasteiger partial charge is 0.292 e. The van der Waals surface area contributed by atoms with Gasteiger partial charge in [-0.15, -0.1) is 16.4 Å². The lowest BCUT2D eigenvalue weighted by molar-refractivity contribution is 0.0983. The predicted molar refractivity (Wildman–Crippen MR) is 57.8 cm³/mol. The van der Waals surface area contributed by atoms with E-state index in [0.29, 0.717) is 17.9 Å². The molecule has 0 saturated carbocycles. The highest BCUT2D eigenvalue weighted by Gasteiger charge is 2.09. The van der Waals surface area contributed by atoms with Crippen molar-refractivity contribution in [2.24, 2.45) is 0 Å². The predicted octanol–water partition coefficient (Wildman–Crippen LogP) is 2.19. The molecule has 0 bridgehead atoms. The zero-order chi connectivity index (χ0) is 10.7. The number of aromatic nitrogens is 3. The second-order valence-corrected chi connectivity index (χ2v) is 3.87. The number of rotatable bonds is 3. The van der Waals surface area contributed by atoms with Crippen molar-refractivity contribution in [1.82, 2.24) is 15.2 Å². The van der Waals surface area contributed by atoms with E-state index < -0.39 is 0 Å². The fraction of sp³-hybridized carbons (Fsp3) is 0.200. The summed E-state index contributed by atoms with van der Waals surface area (Å²) in [6.07, 6.45) is 1.84. The van der Waals surface area contributed by atoms with Crippen molar-refractivity contribution in [1.29, 1.82) is 0 Å². The molecule has 2 aromatic heterocycles. The van der Waals surface area contributed by atoms with Crippen LogP contribution in [0.3, 0.4) is 0 Å². The lowest BCUT2D eigenvalue weighted by atomic mass is 10.2. The molecule has 15 heavy (non-hydrogen) atoms. The number of nitrogens with zero attached hydrogens (tertiary/aromatic N) is 3. The molecule has 5 heteroatoms. The van der Waals surface area contributed by atoms with E-state index in [9.17, 15) is 4.79 Å². The summed E-state index contributed by atoms with van der Waals surface area (Å²) in [6, 6.07) is 3.82. The first-order valence-electron chi connectivity index (χ1n) is 4.58. The minimum Gasteiger partial charge on any atom is -0.292 e. The molecule has 0 atom stereocenters. The van der Waals surface area contributed by atoms with Gasteiger partial charge in [-0.25, -0.2) is 4.98 Å². The van der Waals surface area contributed by atoms with E-state index in [0.717, 1.165) is 4.88 Å². The minimum absolute atomic E-state index is 0.0114. The van der Waals surface area contributed by atoms with E-state index in [1.54, 1.807) is 6.92 Å². The first kappa shape index (κ1) is 9.92. The molecule has 0 radical (unpaired) electrons. The van der Waals surface area contributed by atoms with Gasteiger partial charge in [-0.1, -0.05) is 13.0 Å². The molecule has 0 N–H and O–H groups in total. The molecule has 0 aliphatic heterocycles. The van der Waals surface area contributed by atoms with Crippen LogP contribution in [0.2, 0.25) is 0 Å². The van der Waals surface area contributed by atoms with E-state index in [1.807, 2.05) is 17.5 Å². The quantitative estimate of drug-likeness (QED) is 0.742. The minimum atomic E-state index is -0.0114. The molecule has 0 aliphatic carbocycles. The van der Waals surface area contributed by atoms with E-state index in [2.05, 4.69) is 15.2 Å². The van der Waals surface area contributed by atoms with Crippen molar-refractivity contribution >= 4 is 17.1 Å². The Balaban J connectivity index is 2.39. The van der Waals surface area contributed by atoms with Crippen LogP contribution in [0.4, 0.5) is 0 Å². The zero-order valence-corrected chi connectivity index (χ0v) is 8.99. The van der Waals surface area contributed by atoms with Gasteiger partial charge < -0.3 is 0 Å². The van der Waals surface area contributed by atoms with E-state index in [4.69, 9.17) is 0 Å². The van der Waals surface area contributed by atoms with Gasteiger partial charge in [0.1, 0.15) is 5.69 Å². The third-order valence-corrected chi connectivity index (χ3v) is 2.77. The topological polar surface area (TPSA) is 55.7 Å². The van der Waals surface area contributed by atoms with Crippen LogP contribution in [0.15, 0.2) is 23.7 Å². The monoisotopic (exact) mass is 219 g/mol. The summed E-state index contributed by atoms with van der Waals surface area (Å²) >= 11 is 1.53.